The van der Waals surface area contributed by atoms with Crippen molar-refractivity contribution >= 4 is 0 Å². The van der Waals surface area contributed by atoms with E-state index in [1.165, 1.54) is 17.6 Å². The van der Waals surface area contributed by atoms with Crippen LogP contribution in [0.5, 0.6) is 0 Å². The molecule has 1 saturated carbocycles. The highest BCUT2D eigenvalue weighted by Gasteiger charge is 2.37. The monoisotopic (exact) mass is 202 g/mol. The molecule has 0 heterocycles. The van der Waals surface area contributed by atoms with E-state index in [4.69, 9.17) is 4.74 Å². The Balaban J connectivity index is 1.67. The second-order valence-corrected chi connectivity index (χ2v) is 4.45. The van der Waals surface area contributed by atoms with Crippen LogP contribution in [0.3, 0.4) is 0 Å². The van der Waals surface area contributed by atoms with E-state index >= 15 is 0 Å². The summed E-state index contributed by atoms with van der Waals surface area (Å²) >= 11 is 0. The van der Waals surface area contributed by atoms with Gasteiger partial charge in [0.1, 0.15) is 0 Å². The highest BCUT2D eigenvalue weighted by Crippen LogP contribution is 2.43. The molecule has 1 aromatic rings. The molecular formula is C14H18O. The first-order valence-electron chi connectivity index (χ1n) is 5.54. The van der Waals surface area contributed by atoms with E-state index in [9.17, 15) is 0 Å². The summed E-state index contributed by atoms with van der Waals surface area (Å²) in [4.78, 5) is 0. The lowest BCUT2D eigenvalue weighted by Crippen LogP contribution is -1.98. The summed E-state index contributed by atoms with van der Waals surface area (Å²) in [6, 6.07) is 10.3. The van der Waals surface area contributed by atoms with Crippen LogP contribution in [0.15, 0.2) is 42.5 Å². The lowest BCUT2D eigenvalue weighted by molar-refractivity contribution is 0.109. The number of rotatable bonds is 5. The smallest absolute Gasteiger partial charge is 0.0717 e. The Labute approximate surface area is 91.8 Å². The third kappa shape index (κ3) is 2.93. The molecule has 0 aliphatic heterocycles. The van der Waals surface area contributed by atoms with Gasteiger partial charge in [-0.2, -0.15) is 0 Å². The van der Waals surface area contributed by atoms with E-state index in [2.05, 4.69) is 25.6 Å². The van der Waals surface area contributed by atoms with Crippen molar-refractivity contribution < 1.29 is 4.74 Å². The zero-order valence-corrected chi connectivity index (χ0v) is 9.28. The highest BCUT2D eigenvalue weighted by atomic mass is 16.5. The topological polar surface area (TPSA) is 9.23 Å². The van der Waals surface area contributed by atoms with Gasteiger partial charge in [0, 0.05) is 0 Å². The number of benzene rings is 1. The van der Waals surface area contributed by atoms with Crippen LogP contribution in [0.25, 0.3) is 0 Å². The molecule has 80 valence electrons. The minimum atomic E-state index is 0.723. The van der Waals surface area contributed by atoms with Crippen molar-refractivity contribution in [3.63, 3.8) is 0 Å². The van der Waals surface area contributed by atoms with Crippen molar-refractivity contribution in [1.29, 1.82) is 0 Å². The van der Waals surface area contributed by atoms with E-state index in [0.29, 0.717) is 0 Å². The Bertz CT molecular complexity index is 328. The third-order valence-corrected chi connectivity index (χ3v) is 3.00. The van der Waals surface area contributed by atoms with E-state index in [1.807, 2.05) is 18.2 Å². The van der Waals surface area contributed by atoms with Gasteiger partial charge in [0.25, 0.3) is 0 Å². The molecule has 1 nitrogen and oxygen atoms in total. The van der Waals surface area contributed by atoms with E-state index in [0.717, 1.165) is 25.0 Å². The fraction of sp³-hybridized carbons (Fsp3) is 0.429. The number of hydrogen-bond donors (Lipinski definition) is 0. The van der Waals surface area contributed by atoms with Gasteiger partial charge in [-0.25, -0.2) is 0 Å². The van der Waals surface area contributed by atoms with Gasteiger partial charge in [0.15, 0.2) is 0 Å². The van der Waals surface area contributed by atoms with Crippen LogP contribution in [0.4, 0.5) is 0 Å². The van der Waals surface area contributed by atoms with Gasteiger partial charge in [-0.15, -0.1) is 0 Å². The van der Waals surface area contributed by atoms with E-state index in [1.54, 1.807) is 0 Å². The van der Waals surface area contributed by atoms with Crippen LogP contribution in [0.2, 0.25) is 0 Å². The Kier molecular flexibility index (Phi) is 3.22. The fourth-order valence-corrected chi connectivity index (χ4v) is 1.94. The quantitative estimate of drug-likeness (QED) is 0.665. The summed E-state index contributed by atoms with van der Waals surface area (Å²) in [5.74, 6) is 1.45. The number of hydrogen-bond acceptors (Lipinski definition) is 1. The second kappa shape index (κ2) is 4.63. The predicted molar refractivity (Wildman–Crippen MR) is 62.5 cm³/mol. The molecule has 1 fully saturated rings. The first-order chi connectivity index (χ1) is 7.27. The molecule has 0 spiro atoms. The summed E-state index contributed by atoms with van der Waals surface area (Å²) in [5.41, 5.74) is 2.56. The molecule has 1 aliphatic rings. The van der Waals surface area contributed by atoms with Crippen LogP contribution in [-0.2, 0) is 11.3 Å². The van der Waals surface area contributed by atoms with Gasteiger partial charge in [-0.1, -0.05) is 42.5 Å². The molecule has 2 atom stereocenters. The van der Waals surface area contributed by atoms with Gasteiger partial charge >= 0.3 is 0 Å². The number of ether oxygens (including phenoxy) is 1. The summed E-state index contributed by atoms with van der Waals surface area (Å²) in [5, 5.41) is 0. The molecule has 15 heavy (non-hydrogen) atoms. The minimum absolute atomic E-state index is 0.723. The van der Waals surface area contributed by atoms with Crippen molar-refractivity contribution in [3.05, 3.63) is 48.0 Å². The SMILES string of the molecule is C=C(C)[C@H]1C[C@@H]1COCc1ccccc1. The Hall–Kier alpha value is -1.08. The first-order valence-corrected chi connectivity index (χ1v) is 5.54. The van der Waals surface area contributed by atoms with Crippen LogP contribution in [-0.4, -0.2) is 6.61 Å². The van der Waals surface area contributed by atoms with Crippen molar-refractivity contribution in [3.8, 4) is 0 Å². The Morgan fingerprint density at radius 1 is 1.40 bits per heavy atom. The Morgan fingerprint density at radius 2 is 2.13 bits per heavy atom. The Morgan fingerprint density at radius 3 is 2.73 bits per heavy atom. The maximum absolute atomic E-state index is 5.68. The van der Waals surface area contributed by atoms with Crippen molar-refractivity contribution in [2.24, 2.45) is 11.8 Å². The fourth-order valence-electron chi connectivity index (χ4n) is 1.94. The van der Waals surface area contributed by atoms with E-state index < -0.39 is 0 Å². The molecular weight excluding hydrogens is 184 g/mol. The second-order valence-electron chi connectivity index (χ2n) is 4.45. The molecule has 0 unspecified atom stereocenters. The van der Waals surface area contributed by atoms with Crippen LogP contribution >= 0.6 is 0 Å². The van der Waals surface area contributed by atoms with Gasteiger partial charge in [0.2, 0.25) is 0 Å². The zero-order valence-electron chi connectivity index (χ0n) is 9.28. The van der Waals surface area contributed by atoms with Gasteiger partial charge in [0.05, 0.1) is 13.2 Å². The average Bonchev–Trinajstić information content (AvgIpc) is 2.99. The van der Waals surface area contributed by atoms with Crippen molar-refractivity contribution in [2.75, 3.05) is 6.61 Å². The van der Waals surface area contributed by atoms with Crippen LogP contribution in [0, 0.1) is 11.8 Å². The molecule has 0 amide bonds. The first kappa shape index (κ1) is 10.4. The van der Waals surface area contributed by atoms with E-state index in [-0.39, 0.29) is 0 Å². The zero-order chi connectivity index (χ0) is 10.7. The summed E-state index contributed by atoms with van der Waals surface area (Å²) in [6.45, 7) is 7.71. The molecule has 0 aromatic heterocycles. The highest BCUT2D eigenvalue weighted by molar-refractivity contribution is 5.13. The molecule has 1 aliphatic carbocycles. The average molecular weight is 202 g/mol. The standard InChI is InChI=1S/C14H18O/c1-11(2)14-8-13(14)10-15-9-12-6-4-3-5-7-12/h3-7,13-14H,1,8-10H2,2H3/t13-,14-/m1/s1. The van der Waals surface area contributed by atoms with Crippen LogP contribution in [0.1, 0.15) is 18.9 Å². The summed E-state index contributed by atoms with van der Waals surface area (Å²) < 4.78 is 5.68. The van der Waals surface area contributed by atoms with Crippen molar-refractivity contribution in [1.82, 2.24) is 0 Å². The maximum Gasteiger partial charge on any atom is 0.0717 e. The van der Waals surface area contributed by atoms with Crippen molar-refractivity contribution in [2.45, 2.75) is 20.0 Å². The summed E-state index contributed by atoms with van der Waals surface area (Å²) in [7, 11) is 0. The molecule has 0 saturated heterocycles. The van der Waals surface area contributed by atoms with Gasteiger partial charge in [-0.05, 0) is 30.7 Å². The lowest BCUT2D eigenvalue weighted by Gasteiger charge is -2.03. The summed E-state index contributed by atoms with van der Waals surface area (Å²) in [6.07, 6.45) is 1.27. The molecule has 1 heteroatoms. The normalized spacial score (nSPS) is 23.8. The largest absolute Gasteiger partial charge is 0.376 e. The maximum atomic E-state index is 5.68. The molecule has 2 rings (SSSR count). The van der Waals surface area contributed by atoms with Gasteiger partial charge < -0.3 is 4.74 Å². The lowest BCUT2D eigenvalue weighted by atomic mass is 10.2. The minimum Gasteiger partial charge on any atom is -0.376 e. The number of allylic oxidation sites excluding steroid dienone is 1. The van der Waals surface area contributed by atoms with Crippen LogP contribution < -0.4 is 0 Å². The molecule has 1 aromatic carbocycles. The predicted octanol–water partition coefficient (Wildman–Crippen LogP) is 3.42. The molecule has 0 N–H and O–H groups in total. The third-order valence-electron chi connectivity index (χ3n) is 3.00. The molecule has 0 bridgehead atoms. The van der Waals surface area contributed by atoms with Gasteiger partial charge in [-0.3, -0.25) is 0 Å². The molecule has 0 radical (unpaired) electrons.